The molecule has 5 nitrogen and oxygen atoms in total. The Kier molecular flexibility index (Phi) is 2.66. The van der Waals surface area contributed by atoms with Crippen LogP contribution in [0, 0.1) is 0 Å². The number of hydrogen-bond acceptors (Lipinski definition) is 5. The average Bonchev–Trinajstić information content (AvgIpc) is 2.58. The molecule has 0 bridgehead atoms. The number of amides is 1. The molecule has 2 aromatic rings. The standard InChI is InChI=1S/C10H12N4OS/c1-5(9(12)15)13-10-14-7-3-2-6(11)4-8(7)16-10/h2-5H,11H2,1H3,(H2,12,15)(H,13,14). The van der Waals surface area contributed by atoms with E-state index in [0.717, 1.165) is 10.2 Å². The Bertz CT molecular complexity index is 537. The lowest BCUT2D eigenvalue weighted by atomic mass is 10.3. The molecule has 0 saturated carbocycles. The fourth-order valence-corrected chi connectivity index (χ4v) is 2.26. The number of fused-ring (bicyclic) bond motifs is 1. The zero-order valence-electron chi connectivity index (χ0n) is 8.73. The topological polar surface area (TPSA) is 94.0 Å². The van der Waals surface area contributed by atoms with Gasteiger partial charge in [0.25, 0.3) is 0 Å². The number of carbonyl (C=O) groups excluding carboxylic acids is 1. The minimum absolute atomic E-state index is 0.404. The SMILES string of the molecule is CC(Nc1nc2ccc(N)cc2s1)C(N)=O. The molecule has 0 fully saturated rings. The number of anilines is 2. The van der Waals surface area contributed by atoms with Crippen molar-refractivity contribution in [2.75, 3.05) is 11.1 Å². The molecule has 6 heteroatoms. The number of nitrogens with one attached hydrogen (secondary N) is 1. The Hall–Kier alpha value is -1.82. The fourth-order valence-electron chi connectivity index (χ4n) is 1.26. The van der Waals surface area contributed by atoms with Crippen LogP contribution in [0.3, 0.4) is 0 Å². The number of aromatic nitrogens is 1. The Morgan fingerprint density at radius 1 is 1.56 bits per heavy atom. The number of nitrogens with two attached hydrogens (primary N) is 2. The number of nitrogen functional groups attached to an aromatic ring is 1. The van der Waals surface area contributed by atoms with Gasteiger partial charge in [0.15, 0.2) is 5.13 Å². The highest BCUT2D eigenvalue weighted by Gasteiger charge is 2.11. The zero-order chi connectivity index (χ0) is 11.7. The third-order valence-electron chi connectivity index (χ3n) is 2.18. The van der Waals surface area contributed by atoms with E-state index in [1.165, 1.54) is 11.3 Å². The normalized spacial score (nSPS) is 12.6. The third kappa shape index (κ3) is 2.06. The number of rotatable bonds is 3. The molecule has 0 aliphatic carbocycles. The summed E-state index contributed by atoms with van der Waals surface area (Å²) in [4.78, 5) is 15.2. The van der Waals surface area contributed by atoms with Gasteiger partial charge >= 0.3 is 0 Å². The van der Waals surface area contributed by atoms with E-state index in [-0.39, 0.29) is 0 Å². The lowest BCUT2D eigenvalue weighted by Gasteiger charge is -2.06. The Morgan fingerprint density at radius 2 is 2.31 bits per heavy atom. The Balaban J connectivity index is 2.29. The van der Waals surface area contributed by atoms with Crippen LogP contribution in [0.5, 0.6) is 0 Å². The van der Waals surface area contributed by atoms with Gasteiger partial charge in [-0.3, -0.25) is 4.79 Å². The Labute approximate surface area is 96.5 Å². The molecular formula is C10H12N4OS. The van der Waals surface area contributed by atoms with Crippen molar-refractivity contribution >= 4 is 38.3 Å². The molecule has 2 rings (SSSR count). The quantitative estimate of drug-likeness (QED) is 0.697. The van der Waals surface area contributed by atoms with Crippen LogP contribution in [-0.4, -0.2) is 16.9 Å². The van der Waals surface area contributed by atoms with Crippen molar-refractivity contribution in [3.63, 3.8) is 0 Å². The van der Waals surface area contributed by atoms with Crippen molar-refractivity contribution in [3.8, 4) is 0 Å². The molecule has 1 unspecified atom stereocenters. The predicted octanol–water partition coefficient (Wildman–Crippen LogP) is 1.16. The maximum absolute atomic E-state index is 10.9. The third-order valence-corrected chi connectivity index (χ3v) is 3.13. The smallest absolute Gasteiger partial charge is 0.239 e. The number of carbonyl (C=O) groups is 1. The van der Waals surface area contributed by atoms with E-state index in [2.05, 4.69) is 10.3 Å². The molecule has 1 heterocycles. The number of hydrogen-bond donors (Lipinski definition) is 3. The zero-order valence-corrected chi connectivity index (χ0v) is 9.54. The van der Waals surface area contributed by atoms with Crippen LogP contribution in [0.25, 0.3) is 10.2 Å². The average molecular weight is 236 g/mol. The van der Waals surface area contributed by atoms with Crippen LogP contribution in [0.1, 0.15) is 6.92 Å². The number of benzene rings is 1. The second kappa shape index (κ2) is 3.97. The van der Waals surface area contributed by atoms with E-state index in [4.69, 9.17) is 11.5 Å². The summed E-state index contributed by atoms with van der Waals surface area (Å²) >= 11 is 1.45. The Morgan fingerprint density at radius 3 is 3.00 bits per heavy atom. The van der Waals surface area contributed by atoms with Crippen molar-refractivity contribution < 1.29 is 4.79 Å². The van der Waals surface area contributed by atoms with Crippen molar-refractivity contribution in [2.24, 2.45) is 5.73 Å². The van der Waals surface area contributed by atoms with Crippen LogP contribution in [0.2, 0.25) is 0 Å². The van der Waals surface area contributed by atoms with Gasteiger partial charge < -0.3 is 16.8 Å². The van der Waals surface area contributed by atoms with Crippen LogP contribution >= 0.6 is 11.3 Å². The van der Waals surface area contributed by atoms with Gasteiger partial charge in [0.2, 0.25) is 5.91 Å². The van der Waals surface area contributed by atoms with Gasteiger partial charge in [0.05, 0.1) is 10.2 Å². The second-order valence-electron chi connectivity index (χ2n) is 3.51. The summed E-state index contributed by atoms with van der Waals surface area (Å²) in [5, 5.41) is 3.62. The minimum atomic E-state index is -0.432. The fraction of sp³-hybridized carbons (Fsp3) is 0.200. The van der Waals surface area contributed by atoms with Gasteiger partial charge in [0.1, 0.15) is 6.04 Å². The lowest BCUT2D eigenvalue weighted by Crippen LogP contribution is -2.32. The molecule has 0 aliphatic heterocycles. The monoisotopic (exact) mass is 236 g/mol. The highest BCUT2D eigenvalue weighted by Crippen LogP contribution is 2.27. The molecular weight excluding hydrogens is 224 g/mol. The van der Waals surface area contributed by atoms with E-state index in [1.54, 1.807) is 13.0 Å². The second-order valence-corrected chi connectivity index (χ2v) is 4.55. The molecule has 0 spiro atoms. The van der Waals surface area contributed by atoms with Gasteiger partial charge in [-0.2, -0.15) is 0 Å². The van der Waals surface area contributed by atoms with E-state index >= 15 is 0 Å². The van der Waals surface area contributed by atoms with Gasteiger partial charge in [-0.25, -0.2) is 4.98 Å². The van der Waals surface area contributed by atoms with Crippen molar-refractivity contribution in [3.05, 3.63) is 18.2 Å². The maximum atomic E-state index is 10.9. The van der Waals surface area contributed by atoms with Gasteiger partial charge in [0, 0.05) is 5.69 Å². The molecule has 1 aromatic carbocycles. The number of thiazole rings is 1. The molecule has 16 heavy (non-hydrogen) atoms. The van der Waals surface area contributed by atoms with E-state index in [0.29, 0.717) is 10.8 Å². The van der Waals surface area contributed by atoms with E-state index < -0.39 is 11.9 Å². The first kappa shape index (κ1) is 10.7. The molecule has 0 saturated heterocycles. The number of nitrogens with zero attached hydrogens (tertiary/aromatic N) is 1. The molecule has 0 radical (unpaired) electrons. The molecule has 1 aromatic heterocycles. The maximum Gasteiger partial charge on any atom is 0.239 e. The first-order valence-corrected chi connectivity index (χ1v) is 5.60. The van der Waals surface area contributed by atoms with Gasteiger partial charge in [-0.1, -0.05) is 11.3 Å². The van der Waals surface area contributed by atoms with Crippen LogP contribution < -0.4 is 16.8 Å². The van der Waals surface area contributed by atoms with Gasteiger partial charge in [-0.15, -0.1) is 0 Å². The summed E-state index contributed by atoms with van der Waals surface area (Å²) in [6.07, 6.45) is 0. The first-order chi connectivity index (χ1) is 7.56. The minimum Gasteiger partial charge on any atom is -0.399 e. The first-order valence-electron chi connectivity index (χ1n) is 4.78. The molecule has 5 N–H and O–H groups in total. The van der Waals surface area contributed by atoms with E-state index in [9.17, 15) is 4.79 Å². The summed E-state index contributed by atoms with van der Waals surface area (Å²) < 4.78 is 0.985. The van der Waals surface area contributed by atoms with Crippen LogP contribution in [-0.2, 0) is 4.79 Å². The van der Waals surface area contributed by atoms with E-state index in [1.807, 2.05) is 12.1 Å². The molecule has 84 valence electrons. The number of primary amides is 1. The summed E-state index contributed by atoms with van der Waals surface area (Å²) in [5.74, 6) is -0.404. The highest BCUT2D eigenvalue weighted by atomic mass is 32.1. The van der Waals surface area contributed by atoms with Crippen molar-refractivity contribution in [2.45, 2.75) is 13.0 Å². The summed E-state index contributed by atoms with van der Waals surface area (Å²) in [6, 6.07) is 5.07. The predicted molar refractivity (Wildman–Crippen MR) is 66.3 cm³/mol. The summed E-state index contributed by atoms with van der Waals surface area (Å²) in [5.41, 5.74) is 12.4. The highest BCUT2D eigenvalue weighted by molar-refractivity contribution is 7.22. The van der Waals surface area contributed by atoms with Crippen molar-refractivity contribution in [1.29, 1.82) is 0 Å². The molecule has 1 atom stereocenters. The summed E-state index contributed by atoms with van der Waals surface area (Å²) in [6.45, 7) is 1.70. The van der Waals surface area contributed by atoms with Crippen LogP contribution in [0.15, 0.2) is 18.2 Å². The largest absolute Gasteiger partial charge is 0.399 e. The molecule has 1 amide bonds. The molecule has 0 aliphatic rings. The van der Waals surface area contributed by atoms with Crippen molar-refractivity contribution in [1.82, 2.24) is 4.98 Å². The summed E-state index contributed by atoms with van der Waals surface area (Å²) in [7, 11) is 0. The van der Waals surface area contributed by atoms with Crippen LogP contribution in [0.4, 0.5) is 10.8 Å². The lowest BCUT2D eigenvalue weighted by molar-refractivity contribution is -0.118. The van der Waals surface area contributed by atoms with Gasteiger partial charge in [-0.05, 0) is 25.1 Å².